The summed E-state index contributed by atoms with van der Waals surface area (Å²) in [5.74, 6) is -0.219. The molecule has 0 spiro atoms. The Hall–Kier alpha value is -2.69. The van der Waals surface area contributed by atoms with E-state index >= 15 is 0 Å². The zero-order chi connectivity index (χ0) is 16.9. The van der Waals surface area contributed by atoms with Crippen LogP contribution in [0.15, 0.2) is 54.6 Å². The molecule has 0 aliphatic carbocycles. The highest BCUT2D eigenvalue weighted by atomic mass is 16.6. The second-order valence-electron chi connectivity index (χ2n) is 6.07. The fourth-order valence-electron chi connectivity index (χ4n) is 2.41. The number of anilines is 1. The van der Waals surface area contributed by atoms with Crippen LogP contribution in [0.1, 0.15) is 32.3 Å². The number of nitrogens with zero attached hydrogens (tertiary/aromatic N) is 1. The molecule has 120 valence electrons. The monoisotopic (exact) mass is 312 g/mol. The van der Waals surface area contributed by atoms with Gasteiger partial charge in [0.1, 0.15) is 5.69 Å². The van der Waals surface area contributed by atoms with Crippen LogP contribution in [0.2, 0.25) is 0 Å². The van der Waals surface area contributed by atoms with Crippen LogP contribution in [-0.2, 0) is 10.2 Å². The Kier molecular flexibility index (Phi) is 5.11. The van der Waals surface area contributed by atoms with Crippen molar-refractivity contribution < 1.29 is 9.72 Å². The highest BCUT2D eigenvalue weighted by Gasteiger charge is 2.22. The molecule has 0 saturated carbocycles. The van der Waals surface area contributed by atoms with Gasteiger partial charge in [-0.3, -0.25) is 14.9 Å². The Morgan fingerprint density at radius 1 is 1.09 bits per heavy atom. The summed E-state index contributed by atoms with van der Waals surface area (Å²) >= 11 is 0. The van der Waals surface area contributed by atoms with E-state index in [2.05, 4.69) is 19.2 Å². The lowest BCUT2D eigenvalue weighted by atomic mass is 9.80. The van der Waals surface area contributed by atoms with E-state index in [1.165, 1.54) is 11.6 Å². The van der Waals surface area contributed by atoms with Crippen molar-refractivity contribution in [1.29, 1.82) is 0 Å². The highest BCUT2D eigenvalue weighted by molar-refractivity contribution is 5.93. The van der Waals surface area contributed by atoms with Crippen LogP contribution in [-0.4, -0.2) is 10.8 Å². The second kappa shape index (κ2) is 7.05. The first-order valence-corrected chi connectivity index (χ1v) is 7.49. The zero-order valence-electron chi connectivity index (χ0n) is 13.3. The standard InChI is InChI=1S/C18H20N2O3/c1-18(2,14-8-4-3-5-9-14)13-12-17(21)19-15-10-6-7-11-16(15)20(22)23/h3-11H,12-13H2,1-2H3,(H,19,21). The molecule has 0 saturated heterocycles. The van der Waals surface area contributed by atoms with Gasteiger partial charge in [0.25, 0.3) is 5.69 Å². The molecule has 0 unspecified atom stereocenters. The molecule has 0 aliphatic rings. The molecule has 2 aromatic carbocycles. The second-order valence-corrected chi connectivity index (χ2v) is 6.07. The third kappa shape index (κ3) is 4.39. The summed E-state index contributed by atoms with van der Waals surface area (Å²) in [6, 6.07) is 16.2. The Bertz CT molecular complexity index is 696. The highest BCUT2D eigenvalue weighted by Crippen LogP contribution is 2.29. The Morgan fingerprint density at radius 2 is 1.70 bits per heavy atom. The number of amides is 1. The fraction of sp³-hybridized carbons (Fsp3) is 0.278. The van der Waals surface area contributed by atoms with Crippen molar-refractivity contribution in [1.82, 2.24) is 0 Å². The Balaban J connectivity index is 2.00. The van der Waals surface area contributed by atoms with Crippen LogP contribution in [0.4, 0.5) is 11.4 Å². The molecule has 23 heavy (non-hydrogen) atoms. The molecule has 5 heteroatoms. The van der Waals surface area contributed by atoms with Crippen LogP contribution >= 0.6 is 0 Å². The summed E-state index contributed by atoms with van der Waals surface area (Å²) in [6.07, 6.45) is 0.956. The van der Waals surface area contributed by atoms with Gasteiger partial charge in [-0.2, -0.15) is 0 Å². The number of benzene rings is 2. The maximum Gasteiger partial charge on any atom is 0.292 e. The van der Waals surface area contributed by atoms with Crippen molar-refractivity contribution in [3.63, 3.8) is 0 Å². The number of hydrogen-bond acceptors (Lipinski definition) is 3. The van der Waals surface area contributed by atoms with Crippen LogP contribution in [0, 0.1) is 10.1 Å². The molecule has 2 rings (SSSR count). The lowest BCUT2D eigenvalue weighted by molar-refractivity contribution is -0.383. The van der Waals surface area contributed by atoms with Gasteiger partial charge < -0.3 is 5.32 Å². The number of rotatable bonds is 6. The minimum absolute atomic E-state index is 0.0943. The minimum Gasteiger partial charge on any atom is -0.320 e. The molecule has 5 nitrogen and oxygen atoms in total. The molecule has 0 bridgehead atoms. The Labute approximate surface area is 135 Å². The zero-order valence-corrected chi connectivity index (χ0v) is 13.3. The molecular weight excluding hydrogens is 292 g/mol. The fourth-order valence-corrected chi connectivity index (χ4v) is 2.41. The number of nitrogens with one attached hydrogen (secondary N) is 1. The SMILES string of the molecule is CC(C)(CCC(=O)Nc1ccccc1[N+](=O)[O-])c1ccccc1. The van der Waals surface area contributed by atoms with Gasteiger partial charge in [-0.25, -0.2) is 0 Å². The van der Waals surface area contributed by atoms with Gasteiger partial charge in [0.15, 0.2) is 0 Å². The van der Waals surface area contributed by atoms with E-state index in [9.17, 15) is 14.9 Å². The van der Waals surface area contributed by atoms with Gasteiger partial charge in [0.05, 0.1) is 4.92 Å². The summed E-state index contributed by atoms with van der Waals surface area (Å²) in [6.45, 7) is 4.17. The number of nitro benzene ring substituents is 1. The normalized spacial score (nSPS) is 11.0. The number of nitro groups is 1. The summed E-state index contributed by atoms with van der Waals surface area (Å²) in [4.78, 5) is 22.6. The van der Waals surface area contributed by atoms with Crippen LogP contribution in [0.5, 0.6) is 0 Å². The molecule has 0 heterocycles. The summed E-state index contributed by atoms with van der Waals surface area (Å²) in [5, 5.41) is 13.6. The maximum absolute atomic E-state index is 12.1. The molecule has 1 amide bonds. The molecular formula is C18H20N2O3. The molecule has 0 aromatic heterocycles. The molecule has 0 radical (unpaired) electrons. The van der Waals surface area contributed by atoms with E-state index in [4.69, 9.17) is 0 Å². The van der Waals surface area contributed by atoms with Gasteiger partial charge >= 0.3 is 0 Å². The number of para-hydroxylation sites is 2. The first-order valence-electron chi connectivity index (χ1n) is 7.49. The lowest BCUT2D eigenvalue weighted by Crippen LogP contribution is -2.21. The average Bonchev–Trinajstić information content (AvgIpc) is 2.54. The molecule has 0 fully saturated rings. The van der Waals surface area contributed by atoms with Crippen LogP contribution in [0.3, 0.4) is 0 Å². The number of carbonyl (C=O) groups is 1. The molecule has 2 aromatic rings. The topological polar surface area (TPSA) is 72.2 Å². The number of hydrogen-bond donors (Lipinski definition) is 1. The third-order valence-electron chi connectivity index (χ3n) is 3.91. The molecule has 0 aliphatic heterocycles. The van der Waals surface area contributed by atoms with E-state index < -0.39 is 4.92 Å². The van der Waals surface area contributed by atoms with E-state index in [1.54, 1.807) is 18.2 Å². The predicted octanol–water partition coefficient (Wildman–Crippen LogP) is 4.29. The summed E-state index contributed by atoms with van der Waals surface area (Å²) < 4.78 is 0. The van der Waals surface area contributed by atoms with Crippen molar-refractivity contribution in [3.8, 4) is 0 Å². The quantitative estimate of drug-likeness (QED) is 0.638. The van der Waals surface area contributed by atoms with E-state index in [0.29, 0.717) is 12.8 Å². The molecule has 0 atom stereocenters. The average molecular weight is 312 g/mol. The van der Waals surface area contributed by atoms with Gasteiger partial charge in [0.2, 0.25) is 5.91 Å². The predicted molar refractivity (Wildman–Crippen MR) is 90.4 cm³/mol. The number of carbonyl (C=O) groups excluding carboxylic acids is 1. The van der Waals surface area contributed by atoms with Gasteiger partial charge in [-0.1, -0.05) is 56.3 Å². The van der Waals surface area contributed by atoms with E-state index in [1.807, 2.05) is 30.3 Å². The first-order chi connectivity index (χ1) is 10.9. The summed E-state index contributed by atoms with van der Waals surface area (Å²) in [7, 11) is 0. The van der Waals surface area contributed by atoms with Crippen molar-refractivity contribution in [2.45, 2.75) is 32.1 Å². The minimum atomic E-state index is -0.497. The molecule has 1 N–H and O–H groups in total. The van der Waals surface area contributed by atoms with Gasteiger partial charge in [-0.15, -0.1) is 0 Å². The summed E-state index contributed by atoms with van der Waals surface area (Å²) in [5.41, 5.74) is 1.17. The van der Waals surface area contributed by atoms with Crippen molar-refractivity contribution in [2.24, 2.45) is 0 Å². The van der Waals surface area contributed by atoms with E-state index in [0.717, 1.165) is 0 Å². The van der Waals surface area contributed by atoms with Crippen LogP contribution < -0.4 is 5.32 Å². The van der Waals surface area contributed by atoms with E-state index in [-0.39, 0.29) is 22.7 Å². The smallest absolute Gasteiger partial charge is 0.292 e. The Morgan fingerprint density at radius 3 is 2.35 bits per heavy atom. The van der Waals surface area contributed by atoms with Crippen molar-refractivity contribution in [2.75, 3.05) is 5.32 Å². The lowest BCUT2D eigenvalue weighted by Gasteiger charge is -2.25. The first kappa shape index (κ1) is 16.7. The third-order valence-corrected chi connectivity index (χ3v) is 3.91. The van der Waals surface area contributed by atoms with Crippen molar-refractivity contribution in [3.05, 3.63) is 70.3 Å². The van der Waals surface area contributed by atoms with Gasteiger partial charge in [0, 0.05) is 12.5 Å². The van der Waals surface area contributed by atoms with Crippen molar-refractivity contribution >= 4 is 17.3 Å². The van der Waals surface area contributed by atoms with Gasteiger partial charge in [-0.05, 0) is 23.5 Å². The maximum atomic E-state index is 12.1. The van der Waals surface area contributed by atoms with Crippen LogP contribution in [0.25, 0.3) is 0 Å². The largest absolute Gasteiger partial charge is 0.320 e.